The lowest BCUT2D eigenvalue weighted by Gasteiger charge is -2.31. The summed E-state index contributed by atoms with van der Waals surface area (Å²) in [6.45, 7) is 4.42. The summed E-state index contributed by atoms with van der Waals surface area (Å²) in [5.41, 5.74) is 2.29. The fraction of sp³-hybridized carbons (Fsp3) is 0.667. The van der Waals surface area contributed by atoms with Crippen LogP contribution in [0.25, 0.3) is 0 Å². The zero-order chi connectivity index (χ0) is 12.3. The first-order valence-electron chi connectivity index (χ1n) is 6.83. The molecule has 0 spiro atoms. The Labute approximate surface area is 104 Å². The average molecular weight is 233 g/mol. The number of pyridine rings is 1. The molecule has 3 atom stereocenters. The van der Waals surface area contributed by atoms with E-state index in [0.29, 0.717) is 5.92 Å². The Morgan fingerprint density at radius 2 is 2.29 bits per heavy atom. The van der Waals surface area contributed by atoms with Gasteiger partial charge in [-0.05, 0) is 48.3 Å². The standard InChI is InChI=1S/C15H23NO/c1-3-12-10-16-8-7-14(12)15(17)13-6-4-5-11(2)9-13/h7-8,10-11,13,15,17H,3-6,9H2,1-2H3. The van der Waals surface area contributed by atoms with Crippen LogP contribution < -0.4 is 0 Å². The van der Waals surface area contributed by atoms with Gasteiger partial charge in [0.05, 0.1) is 6.10 Å². The molecule has 1 N–H and O–H groups in total. The van der Waals surface area contributed by atoms with Gasteiger partial charge in [0.2, 0.25) is 0 Å². The number of aryl methyl sites for hydroxylation is 1. The molecule has 1 saturated carbocycles. The molecule has 94 valence electrons. The van der Waals surface area contributed by atoms with Gasteiger partial charge in [0.25, 0.3) is 0 Å². The molecule has 2 heteroatoms. The number of hydrogen-bond acceptors (Lipinski definition) is 2. The highest BCUT2D eigenvalue weighted by Crippen LogP contribution is 2.37. The predicted molar refractivity (Wildman–Crippen MR) is 69.7 cm³/mol. The quantitative estimate of drug-likeness (QED) is 0.866. The molecule has 1 fully saturated rings. The summed E-state index contributed by atoms with van der Waals surface area (Å²) in [5, 5.41) is 10.5. The van der Waals surface area contributed by atoms with Crippen molar-refractivity contribution < 1.29 is 5.11 Å². The van der Waals surface area contributed by atoms with Crippen LogP contribution >= 0.6 is 0 Å². The Kier molecular flexibility index (Phi) is 4.16. The van der Waals surface area contributed by atoms with Crippen LogP contribution in [0.2, 0.25) is 0 Å². The minimum absolute atomic E-state index is 0.296. The molecule has 1 aromatic rings. The molecule has 0 amide bonds. The Bertz CT molecular complexity index is 364. The molecular weight excluding hydrogens is 210 g/mol. The van der Waals surface area contributed by atoms with E-state index in [0.717, 1.165) is 30.7 Å². The topological polar surface area (TPSA) is 33.1 Å². The molecule has 2 rings (SSSR count). The number of aromatic nitrogens is 1. The van der Waals surface area contributed by atoms with Crippen LogP contribution in [-0.4, -0.2) is 10.1 Å². The van der Waals surface area contributed by atoms with E-state index < -0.39 is 0 Å². The minimum atomic E-state index is -0.296. The van der Waals surface area contributed by atoms with E-state index in [2.05, 4.69) is 18.8 Å². The highest BCUT2D eigenvalue weighted by atomic mass is 16.3. The molecule has 1 aliphatic rings. The van der Waals surface area contributed by atoms with E-state index in [1.165, 1.54) is 18.4 Å². The van der Waals surface area contributed by atoms with Crippen molar-refractivity contribution in [1.82, 2.24) is 4.98 Å². The van der Waals surface area contributed by atoms with Crippen molar-refractivity contribution in [3.05, 3.63) is 29.6 Å². The summed E-state index contributed by atoms with van der Waals surface area (Å²) < 4.78 is 0. The van der Waals surface area contributed by atoms with E-state index in [9.17, 15) is 5.11 Å². The molecule has 2 nitrogen and oxygen atoms in total. The maximum atomic E-state index is 10.5. The summed E-state index contributed by atoms with van der Waals surface area (Å²) in [6, 6.07) is 1.99. The molecule has 3 unspecified atom stereocenters. The zero-order valence-electron chi connectivity index (χ0n) is 10.9. The summed E-state index contributed by atoms with van der Waals surface area (Å²) in [6.07, 6.45) is 9.24. The smallest absolute Gasteiger partial charge is 0.0822 e. The van der Waals surface area contributed by atoms with Crippen LogP contribution in [0.5, 0.6) is 0 Å². The van der Waals surface area contributed by atoms with Crippen LogP contribution in [0.1, 0.15) is 56.8 Å². The molecule has 1 aromatic heterocycles. The maximum absolute atomic E-state index is 10.5. The van der Waals surface area contributed by atoms with Crippen LogP contribution in [0.4, 0.5) is 0 Å². The normalized spacial score (nSPS) is 26.8. The highest BCUT2D eigenvalue weighted by molar-refractivity contribution is 5.26. The van der Waals surface area contributed by atoms with E-state index in [4.69, 9.17) is 0 Å². The predicted octanol–water partition coefficient (Wildman–Crippen LogP) is 3.50. The summed E-state index contributed by atoms with van der Waals surface area (Å²) in [7, 11) is 0. The van der Waals surface area contributed by atoms with Gasteiger partial charge in [-0.3, -0.25) is 4.98 Å². The van der Waals surface area contributed by atoms with Gasteiger partial charge in [-0.2, -0.15) is 0 Å². The van der Waals surface area contributed by atoms with E-state index in [-0.39, 0.29) is 6.10 Å². The fourth-order valence-corrected chi connectivity index (χ4v) is 3.04. The van der Waals surface area contributed by atoms with Crippen LogP contribution in [0.3, 0.4) is 0 Å². The minimum Gasteiger partial charge on any atom is -0.388 e. The van der Waals surface area contributed by atoms with Gasteiger partial charge in [-0.15, -0.1) is 0 Å². The molecule has 0 aliphatic heterocycles. The second kappa shape index (κ2) is 5.63. The van der Waals surface area contributed by atoms with Gasteiger partial charge >= 0.3 is 0 Å². The lowest BCUT2D eigenvalue weighted by atomic mass is 9.77. The summed E-state index contributed by atoms with van der Waals surface area (Å²) in [5.74, 6) is 1.20. The third-order valence-electron chi connectivity index (χ3n) is 4.06. The second-order valence-corrected chi connectivity index (χ2v) is 5.40. The Balaban J connectivity index is 2.15. The molecule has 17 heavy (non-hydrogen) atoms. The average Bonchev–Trinajstić information content (AvgIpc) is 2.38. The van der Waals surface area contributed by atoms with Gasteiger partial charge in [0, 0.05) is 12.4 Å². The Morgan fingerprint density at radius 1 is 1.47 bits per heavy atom. The second-order valence-electron chi connectivity index (χ2n) is 5.40. The van der Waals surface area contributed by atoms with Crippen molar-refractivity contribution in [3.63, 3.8) is 0 Å². The first-order valence-corrected chi connectivity index (χ1v) is 6.83. The molecule has 0 radical (unpaired) electrons. The molecular formula is C15H23NO. The molecule has 1 heterocycles. The van der Waals surface area contributed by atoms with Crippen molar-refractivity contribution in [1.29, 1.82) is 0 Å². The Morgan fingerprint density at radius 3 is 3.00 bits per heavy atom. The summed E-state index contributed by atoms with van der Waals surface area (Å²) >= 11 is 0. The Hall–Kier alpha value is -0.890. The number of nitrogens with zero attached hydrogens (tertiary/aromatic N) is 1. The first kappa shape index (κ1) is 12.6. The number of aliphatic hydroxyl groups is 1. The number of aliphatic hydroxyl groups excluding tert-OH is 1. The van der Waals surface area contributed by atoms with Gasteiger partial charge in [-0.1, -0.05) is 26.7 Å². The number of hydrogen-bond donors (Lipinski definition) is 1. The fourth-order valence-electron chi connectivity index (χ4n) is 3.04. The number of rotatable bonds is 3. The first-order chi connectivity index (χ1) is 8.22. The van der Waals surface area contributed by atoms with Crippen LogP contribution in [-0.2, 0) is 6.42 Å². The van der Waals surface area contributed by atoms with Gasteiger partial charge < -0.3 is 5.11 Å². The molecule has 0 aromatic carbocycles. The van der Waals surface area contributed by atoms with Crippen molar-refractivity contribution in [3.8, 4) is 0 Å². The van der Waals surface area contributed by atoms with Crippen molar-refractivity contribution in [2.45, 2.75) is 52.1 Å². The van der Waals surface area contributed by atoms with Crippen LogP contribution in [0, 0.1) is 11.8 Å². The SMILES string of the molecule is CCc1cnccc1C(O)C1CCCC(C)C1. The van der Waals surface area contributed by atoms with Gasteiger partial charge in [0.1, 0.15) is 0 Å². The lowest BCUT2D eigenvalue weighted by molar-refractivity contribution is 0.0707. The third-order valence-corrected chi connectivity index (χ3v) is 4.06. The van der Waals surface area contributed by atoms with Gasteiger partial charge in [-0.25, -0.2) is 0 Å². The monoisotopic (exact) mass is 233 g/mol. The molecule has 1 aliphatic carbocycles. The van der Waals surface area contributed by atoms with E-state index in [1.54, 1.807) is 6.20 Å². The van der Waals surface area contributed by atoms with Crippen LogP contribution in [0.15, 0.2) is 18.5 Å². The highest BCUT2D eigenvalue weighted by Gasteiger charge is 2.27. The molecule has 0 bridgehead atoms. The largest absolute Gasteiger partial charge is 0.388 e. The van der Waals surface area contributed by atoms with E-state index in [1.807, 2.05) is 12.3 Å². The third kappa shape index (κ3) is 2.86. The molecule has 0 saturated heterocycles. The van der Waals surface area contributed by atoms with Crippen molar-refractivity contribution >= 4 is 0 Å². The summed E-state index contributed by atoms with van der Waals surface area (Å²) in [4.78, 5) is 4.15. The van der Waals surface area contributed by atoms with Crippen molar-refractivity contribution in [2.24, 2.45) is 11.8 Å². The maximum Gasteiger partial charge on any atom is 0.0822 e. The zero-order valence-corrected chi connectivity index (χ0v) is 10.9. The van der Waals surface area contributed by atoms with E-state index >= 15 is 0 Å². The van der Waals surface area contributed by atoms with Crippen molar-refractivity contribution in [2.75, 3.05) is 0 Å². The van der Waals surface area contributed by atoms with Gasteiger partial charge in [0.15, 0.2) is 0 Å². The lowest BCUT2D eigenvalue weighted by Crippen LogP contribution is -2.21.